The van der Waals surface area contributed by atoms with Gasteiger partial charge in [-0.15, -0.1) is 5.73 Å². The van der Waals surface area contributed by atoms with Gasteiger partial charge in [-0.2, -0.15) is 0 Å². The van der Waals surface area contributed by atoms with Crippen molar-refractivity contribution in [3.8, 4) is 0 Å². The fourth-order valence-corrected chi connectivity index (χ4v) is 1.92. The molecule has 0 bridgehead atoms. The van der Waals surface area contributed by atoms with Gasteiger partial charge in [0.25, 0.3) is 0 Å². The first-order valence-electron chi connectivity index (χ1n) is 6.08. The van der Waals surface area contributed by atoms with Crippen LogP contribution in [0, 0.1) is 0 Å². The molecule has 0 aliphatic carbocycles. The second-order valence-corrected chi connectivity index (χ2v) is 3.87. The number of hydrogen-bond acceptors (Lipinski definition) is 0. The van der Waals surface area contributed by atoms with Gasteiger partial charge < -0.3 is 0 Å². The van der Waals surface area contributed by atoms with Gasteiger partial charge in [0.15, 0.2) is 0 Å². The number of rotatable bonds is 5. The quantitative estimate of drug-likeness (QED) is 0.486. The smallest absolute Gasteiger partial charge is 0.0160 e. The highest BCUT2D eigenvalue weighted by Crippen LogP contribution is 2.27. The molecule has 0 N–H and O–H groups in total. The normalized spacial score (nSPS) is 11.9. The summed E-state index contributed by atoms with van der Waals surface area (Å²) in [6.07, 6.45) is 8.90. The molecule has 0 amide bonds. The van der Waals surface area contributed by atoms with Crippen molar-refractivity contribution in [2.24, 2.45) is 0 Å². The fraction of sp³-hybridized carbons (Fsp3) is 0.235. The summed E-state index contributed by atoms with van der Waals surface area (Å²) in [6.45, 7) is 7.94. The van der Waals surface area contributed by atoms with Gasteiger partial charge in [-0.3, -0.25) is 0 Å². The topological polar surface area (TPSA) is 0 Å². The Balaban J connectivity index is 3.15. The predicted molar refractivity (Wildman–Crippen MR) is 76.1 cm³/mol. The third-order valence-corrected chi connectivity index (χ3v) is 2.70. The molecule has 0 aliphatic heterocycles. The van der Waals surface area contributed by atoms with Gasteiger partial charge in [0.2, 0.25) is 0 Å². The van der Waals surface area contributed by atoms with Crippen LogP contribution >= 0.6 is 0 Å². The summed E-state index contributed by atoms with van der Waals surface area (Å²) in [6, 6.07) is 10.6. The minimum atomic E-state index is 0.406. The van der Waals surface area contributed by atoms with Gasteiger partial charge in [-0.25, -0.2) is 0 Å². The monoisotopic (exact) mass is 224 g/mol. The average molecular weight is 224 g/mol. The molecule has 1 rings (SSSR count). The first kappa shape index (κ1) is 13.3. The van der Waals surface area contributed by atoms with Crippen molar-refractivity contribution in [2.45, 2.75) is 26.2 Å². The van der Waals surface area contributed by atoms with Crippen LogP contribution in [0.25, 0.3) is 0 Å². The number of benzene rings is 1. The molecule has 1 unspecified atom stereocenters. The van der Waals surface area contributed by atoms with Crippen LogP contribution in [0.15, 0.2) is 72.5 Å². The molecule has 17 heavy (non-hydrogen) atoms. The van der Waals surface area contributed by atoms with E-state index in [4.69, 9.17) is 0 Å². The molecule has 1 aromatic rings. The van der Waals surface area contributed by atoms with Crippen LogP contribution in [0.5, 0.6) is 0 Å². The zero-order valence-electron chi connectivity index (χ0n) is 10.7. The van der Waals surface area contributed by atoms with Crippen LogP contribution in [0.1, 0.15) is 31.7 Å². The van der Waals surface area contributed by atoms with Crippen LogP contribution in [0.2, 0.25) is 0 Å². The maximum absolute atomic E-state index is 3.70. The SMILES string of the molecule is C=CC=C=C(/C=C\C)C(CC)c1ccccc1. The number of allylic oxidation sites excluding steroid dienone is 4. The zero-order chi connectivity index (χ0) is 12.5. The Morgan fingerprint density at radius 3 is 2.59 bits per heavy atom. The van der Waals surface area contributed by atoms with Gasteiger partial charge >= 0.3 is 0 Å². The lowest BCUT2D eigenvalue weighted by Gasteiger charge is -2.15. The van der Waals surface area contributed by atoms with Crippen LogP contribution in [0.4, 0.5) is 0 Å². The van der Waals surface area contributed by atoms with Crippen molar-refractivity contribution in [1.82, 2.24) is 0 Å². The van der Waals surface area contributed by atoms with Gasteiger partial charge in [0.1, 0.15) is 0 Å². The summed E-state index contributed by atoms with van der Waals surface area (Å²) in [7, 11) is 0. The molecule has 88 valence electrons. The average Bonchev–Trinajstić information content (AvgIpc) is 2.38. The van der Waals surface area contributed by atoms with E-state index in [1.807, 2.05) is 13.0 Å². The number of hydrogen-bond donors (Lipinski definition) is 0. The van der Waals surface area contributed by atoms with Crippen molar-refractivity contribution in [2.75, 3.05) is 0 Å². The maximum Gasteiger partial charge on any atom is 0.0160 e. The molecular weight excluding hydrogens is 204 g/mol. The molecule has 0 aliphatic rings. The van der Waals surface area contributed by atoms with Crippen molar-refractivity contribution < 1.29 is 0 Å². The van der Waals surface area contributed by atoms with Gasteiger partial charge in [-0.1, -0.05) is 62.1 Å². The van der Waals surface area contributed by atoms with Gasteiger partial charge in [-0.05, 0) is 25.0 Å². The molecule has 0 heteroatoms. The van der Waals surface area contributed by atoms with Crippen LogP contribution < -0.4 is 0 Å². The summed E-state index contributed by atoms with van der Waals surface area (Å²) in [4.78, 5) is 0. The molecule has 0 saturated heterocycles. The zero-order valence-corrected chi connectivity index (χ0v) is 10.7. The Morgan fingerprint density at radius 2 is 2.06 bits per heavy atom. The Kier molecular flexibility index (Phi) is 5.85. The highest BCUT2D eigenvalue weighted by molar-refractivity contribution is 5.34. The van der Waals surface area contributed by atoms with Crippen LogP contribution in [-0.4, -0.2) is 0 Å². The molecule has 0 saturated carbocycles. The first-order valence-corrected chi connectivity index (χ1v) is 6.08. The molecule has 0 nitrogen and oxygen atoms in total. The highest BCUT2D eigenvalue weighted by Gasteiger charge is 2.11. The van der Waals surface area contributed by atoms with E-state index in [0.717, 1.165) is 6.42 Å². The lowest BCUT2D eigenvalue weighted by molar-refractivity contribution is 0.777. The summed E-state index contributed by atoms with van der Waals surface area (Å²) in [5.41, 5.74) is 5.86. The van der Waals surface area contributed by atoms with E-state index in [2.05, 4.69) is 61.7 Å². The Morgan fingerprint density at radius 1 is 1.35 bits per heavy atom. The third-order valence-electron chi connectivity index (χ3n) is 2.70. The molecule has 0 radical (unpaired) electrons. The Hall–Kier alpha value is -1.78. The maximum atomic E-state index is 3.70. The van der Waals surface area contributed by atoms with Gasteiger partial charge in [0, 0.05) is 11.5 Å². The molecule has 1 atom stereocenters. The highest BCUT2D eigenvalue weighted by atomic mass is 14.1. The van der Waals surface area contributed by atoms with Crippen molar-refractivity contribution in [3.05, 3.63) is 78.1 Å². The molecule has 0 heterocycles. The van der Waals surface area contributed by atoms with E-state index < -0.39 is 0 Å². The molecule has 0 spiro atoms. The van der Waals surface area contributed by atoms with E-state index in [1.165, 1.54) is 11.1 Å². The van der Waals surface area contributed by atoms with Gasteiger partial charge in [0.05, 0.1) is 0 Å². The van der Waals surface area contributed by atoms with Crippen molar-refractivity contribution in [3.63, 3.8) is 0 Å². The summed E-state index contributed by atoms with van der Waals surface area (Å²) >= 11 is 0. The van der Waals surface area contributed by atoms with E-state index in [-0.39, 0.29) is 0 Å². The van der Waals surface area contributed by atoms with Crippen molar-refractivity contribution in [1.29, 1.82) is 0 Å². The fourth-order valence-electron chi connectivity index (χ4n) is 1.92. The molecule has 0 aromatic heterocycles. The summed E-state index contributed by atoms with van der Waals surface area (Å²) in [5.74, 6) is 0.406. The van der Waals surface area contributed by atoms with Crippen molar-refractivity contribution >= 4 is 0 Å². The second-order valence-electron chi connectivity index (χ2n) is 3.87. The van der Waals surface area contributed by atoms with Crippen LogP contribution in [-0.2, 0) is 0 Å². The minimum Gasteiger partial charge on any atom is -0.117 e. The summed E-state index contributed by atoms with van der Waals surface area (Å²) in [5, 5.41) is 0. The predicted octanol–water partition coefficient (Wildman–Crippen LogP) is 5.02. The third kappa shape index (κ3) is 3.94. The molecule has 1 aromatic carbocycles. The minimum absolute atomic E-state index is 0.406. The molecule has 0 fully saturated rings. The standard InChI is InChI=1S/C17H20/c1-4-7-12-15(11-5-2)17(6-3)16-13-9-8-10-14-16/h4-5,7-11,13-14,17H,1,6H2,2-3H3/b11-5-. The van der Waals surface area contributed by atoms with E-state index >= 15 is 0 Å². The molecular formula is C17H20. The second kappa shape index (κ2) is 7.49. The lowest BCUT2D eigenvalue weighted by Crippen LogP contribution is -1.98. The van der Waals surface area contributed by atoms with E-state index in [0.29, 0.717) is 5.92 Å². The Bertz CT molecular complexity index is 428. The van der Waals surface area contributed by atoms with E-state index in [9.17, 15) is 0 Å². The largest absolute Gasteiger partial charge is 0.117 e. The van der Waals surface area contributed by atoms with E-state index in [1.54, 1.807) is 6.08 Å². The Labute approximate surface area is 105 Å². The summed E-state index contributed by atoms with van der Waals surface area (Å²) < 4.78 is 0. The lowest BCUT2D eigenvalue weighted by atomic mass is 9.89. The first-order chi connectivity index (χ1) is 8.33. The van der Waals surface area contributed by atoms with Crippen LogP contribution in [0.3, 0.4) is 0 Å².